The van der Waals surface area contributed by atoms with Crippen molar-refractivity contribution >= 4 is 17.5 Å². The van der Waals surface area contributed by atoms with Crippen molar-refractivity contribution in [3.05, 3.63) is 29.8 Å². The molecule has 3 heteroatoms. The molecule has 1 heterocycles. The highest BCUT2D eigenvalue weighted by molar-refractivity contribution is 7.98. The SMILES string of the molecule is CSc1ccc(C2(CCC(C)=O)COC2)cc1. The van der Waals surface area contributed by atoms with Gasteiger partial charge in [-0.3, -0.25) is 0 Å². The molecule has 17 heavy (non-hydrogen) atoms. The van der Waals surface area contributed by atoms with E-state index in [1.807, 2.05) is 0 Å². The van der Waals surface area contributed by atoms with Crippen LogP contribution < -0.4 is 0 Å². The van der Waals surface area contributed by atoms with Crippen LogP contribution in [0.15, 0.2) is 29.2 Å². The van der Waals surface area contributed by atoms with E-state index in [0.29, 0.717) is 6.42 Å². The van der Waals surface area contributed by atoms with Crippen LogP contribution in [-0.2, 0) is 14.9 Å². The van der Waals surface area contributed by atoms with E-state index in [1.165, 1.54) is 10.5 Å². The van der Waals surface area contributed by atoms with Gasteiger partial charge in [0.1, 0.15) is 5.78 Å². The van der Waals surface area contributed by atoms with Gasteiger partial charge in [0.25, 0.3) is 0 Å². The number of thioether (sulfide) groups is 1. The van der Waals surface area contributed by atoms with Crippen LogP contribution in [-0.4, -0.2) is 25.3 Å². The van der Waals surface area contributed by atoms with E-state index in [9.17, 15) is 4.79 Å². The maximum Gasteiger partial charge on any atom is 0.129 e. The summed E-state index contributed by atoms with van der Waals surface area (Å²) < 4.78 is 5.37. The Morgan fingerprint density at radius 1 is 1.35 bits per heavy atom. The topological polar surface area (TPSA) is 26.3 Å². The molecule has 1 aliphatic rings. The molecular formula is C14H18O2S. The second kappa shape index (κ2) is 5.23. The van der Waals surface area contributed by atoms with E-state index >= 15 is 0 Å². The second-order valence-corrected chi connectivity index (χ2v) is 5.58. The number of hydrogen-bond donors (Lipinski definition) is 0. The molecule has 0 amide bonds. The van der Waals surface area contributed by atoms with Crippen molar-refractivity contribution in [2.45, 2.75) is 30.1 Å². The molecule has 0 N–H and O–H groups in total. The van der Waals surface area contributed by atoms with Crippen LogP contribution in [0, 0.1) is 0 Å². The number of hydrogen-bond acceptors (Lipinski definition) is 3. The smallest absolute Gasteiger partial charge is 0.129 e. The van der Waals surface area contributed by atoms with Gasteiger partial charge in [0.2, 0.25) is 0 Å². The van der Waals surface area contributed by atoms with Crippen molar-refractivity contribution in [3.63, 3.8) is 0 Å². The third-order valence-corrected chi connectivity index (χ3v) is 4.16. The number of ketones is 1. The van der Waals surface area contributed by atoms with Crippen LogP contribution >= 0.6 is 11.8 Å². The summed E-state index contributed by atoms with van der Waals surface area (Å²) in [5.41, 5.74) is 1.39. The molecule has 2 nitrogen and oxygen atoms in total. The number of benzene rings is 1. The minimum atomic E-state index is 0.0859. The third kappa shape index (κ3) is 2.72. The van der Waals surface area contributed by atoms with Crippen molar-refractivity contribution in [1.29, 1.82) is 0 Å². The van der Waals surface area contributed by atoms with Crippen LogP contribution in [0.2, 0.25) is 0 Å². The molecule has 0 radical (unpaired) electrons. The maximum atomic E-state index is 11.1. The normalized spacial score (nSPS) is 17.5. The minimum Gasteiger partial charge on any atom is -0.379 e. The highest BCUT2D eigenvalue weighted by Crippen LogP contribution is 2.37. The van der Waals surface area contributed by atoms with E-state index in [4.69, 9.17) is 4.74 Å². The van der Waals surface area contributed by atoms with Crippen LogP contribution in [0.25, 0.3) is 0 Å². The average molecular weight is 250 g/mol. The van der Waals surface area contributed by atoms with Gasteiger partial charge in [0, 0.05) is 16.7 Å². The first kappa shape index (κ1) is 12.7. The van der Waals surface area contributed by atoms with Crippen LogP contribution in [0.5, 0.6) is 0 Å². The molecular weight excluding hydrogens is 232 g/mol. The molecule has 0 atom stereocenters. The summed E-state index contributed by atoms with van der Waals surface area (Å²) in [4.78, 5) is 12.4. The third-order valence-electron chi connectivity index (χ3n) is 3.41. The van der Waals surface area contributed by atoms with Gasteiger partial charge in [0.05, 0.1) is 13.2 Å². The van der Waals surface area contributed by atoms with Crippen molar-refractivity contribution in [3.8, 4) is 0 Å². The van der Waals surface area contributed by atoms with E-state index in [-0.39, 0.29) is 11.2 Å². The molecule has 0 aromatic heterocycles. The Morgan fingerprint density at radius 2 is 2.00 bits per heavy atom. The molecule has 0 unspecified atom stereocenters. The fourth-order valence-corrected chi connectivity index (χ4v) is 2.57. The Hall–Kier alpha value is -0.800. The quantitative estimate of drug-likeness (QED) is 0.751. The zero-order valence-corrected chi connectivity index (χ0v) is 11.2. The highest BCUT2D eigenvalue weighted by atomic mass is 32.2. The largest absolute Gasteiger partial charge is 0.379 e. The van der Waals surface area contributed by atoms with Gasteiger partial charge >= 0.3 is 0 Å². The van der Waals surface area contributed by atoms with Crippen molar-refractivity contribution in [1.82, 2.24) is 0 Å². The van der Waals surface area contributed by atoms with Crippen molar-refractivity contribution < 1.29 is 9.53 Å². The Kier molecular flexibility index (Phi) is 3.89. The van der Waals surface area contributed by atoms with Gasteiger partial charge in [0.15, 0.2) is 0 Å². The molecule has 1 aromatic carbocycles. The molecule has 1 aliphatic heterocycles. The van der Waals surface area contributed by atoms with Gasteiger partial charge in [-0.15, -0.1) is 11.8 Å². The summed E-state index contributed by atoms with van der Waals surface area (Å²) in [7, 11) is 0. The molecule has 92 valence electrons. The first-order valence-corrected chi connectivity index (χ1v) is 7.10. The fraction of sp³-hybridized carbons (Fsp3) is 0.500. The Labute approximate surface area is 107 Å². The minimum absolute atomic E-state index is 0.0859. The molecule has 0 spiro atoms. The van der Waals surface area contributed by atoms with Crippen LogP contribution in [0.3, 0.4) is 0 Å². The first-order valence-electron chi connectivity index (χ1n) is 5.88. The van der Waals surface area contributed by atoms with Gasteiger partial charge in [-0.25, -0.2) is 0 Å². The molecule has 1 saturated heterocycles. The van der Waals surface area contributed by atoms with E-state index < -0.39 is 0 Å². The number of Topliss-reactive ketones (excluding diaryl/α,β-unsaturated/α-hetero) is 1. The molecule has 0 bridgehead atoms. The lowest BCUT2D eigenvalue weighted by Crippen LogP contribution is -2.46. The number of rotatable bonds is 5. The lowest BCUT2D eigenvalue weighted by Gasteiger charge is -2.42. The standard InChI is InChI=1S/C14H18O2S/c1-11(15)7-8-14(9-16-10-14)12-3-5-13(17-2)6-4-12/h3-6H,7-10H2,1-2H3. The van der Waals surface area contributed by atoms with Gasteiger partial charge in [-0.05, 0) is 37.3 Å². The summed E-state index contributed by atoms with van der Waals surface area (Å²) in [6, 6.07) is 8.64. The lowest BCUT2D eigenvalue weighted by molar-refractivity contribution is -0.119. The molecule has 2 rings (SSSR count). The molecule has 1 fully saturated rings. The summed E-state index contributed by atoms with van der Waals surface area (Å²) in [6.45, 7) is 3.15. The predicted octanol–water partition coefficient (Wildman–Crippen LogP) is 3.05. The maximum absolute atomic E-state index is 11.1. The van der Waals surface area contributed by atoms with E-state index in [1.54, 1.807) is 18.7 Å². The van der Waals surface area contributed by atoms with E-state index in [0.717, 1.165) is 19.6 Å². The summed E-state index contributed by atoms with van der Waals surface area (Å²) in [5, 5.41) is 0. The summed E-state index contributed by atoms with van der Waals surface area (Å²) in [5.74, 6) is 0.261. The Bertz CT molecular complexity index is 393. The highest BCUT2D eigenvalue weighted by Gasteiger charge is 2.39. The van der Waals surface area contributed by atoms with Crippen LogP contribution in [0.4, 0.5) is 0 Å². The predicted molar refractivity (Wildman–Crippen MR) is 70.6 cm³/mol. The fourth-order valence-electron chi connectivity index (χ4n) is 2.16. The second-order valence-electron chi connectivity index (χ2n) is 4.70. The average Bonchev–Trinajstić information content (AvgIpc) is 2.28. The monoisotopic (exact) mass is 250 g/mol. The van der Waals surface area contributed by atoms with Gasteiger partial charge < -0.3 is 9.53 Å². The Balaban J connectivity index is 2.13. The van der Waals surface area contributed by atoms with E-state index in [2.05, 4.69) is 30.5 Å². The van der Waals surface area contributed by atoms with Crippen LogP contribution in [0.1, 0.15) is 25.3 Å². The van der Waals surface area contributed by atoms with Gasteiger partial charge in [-0.2, -0.15) is 0 Å². The zero-order chi connectivity index (χ0) is 12.3. The Morgan fingerprint density at radius 3 is 2.41 bits per heavy atom. The molecule has 1 aromatic rings. The molecule has 0 aliphatic carbocycles. The lowest BCUT2D eigenvalue weighted by atomic mass is 9.75. The summed E-state index contributed by atoms with van der Waals surface area (Å²) >= 11 is 1.75. The van der Waals surface area contributed by atoms with Crippen molar-refractivity contribution in [2.75, 3.05) is 19.5 Å². The first-order chi connectivity index (χ1) is 8.16. The number of ether oxygens (including phenoxy) is 1. The number of carbonyl (C=O) groups excluding carboxylic acids is 1. The molecule has 0 saturated carbocycles. The van der Waals surface area contributed by atoms with Crippen molar-refractivity contribution in [2.24, 2.45) is 0 Å². The number of carbonyl (C=O) groups is 1. The zero-order valence-electron chi connectivity index (χ0n) is 10.4. The summed E-state index contributed by atoms with van der Waals surface area (Å²) in [6.07, 6.45) is 3.63. The van der Waals surface area contributed by atoms with Gasteiger partial charge in [-0.1, -0.05) is 12.1 Å².